The number of H-pyrrole nitrogens is 1. The van der Waals surface area contributed by atoms with Gasteiger partial charge < -0.3 is 5.73 Å². The fourth-order valence-corrected chi connectivity index (χ4v) is 1.78. The summed E-state index contributed by atoms with van der Waals surface area (Å²) in [6.07, 6.45) is 1.08. The van der Waals surface area contributed by atoms with Gasteiger partial charge in [0.25, 0.3) is 0 Å². The Bertz CT molecular complexity index is 446. The number of aromatic amines is 1. The largest absolute Gasteiger partial charge is 0.318 e. The Balaban J connectivity index is 2.12. The fraction of sp³-hybridized carbons (Fsp3) is 0.417. The average molecular weight is 231 g/mol. The van der Waals surface area contributed by atoms with Gasteiger partial charge in [-0.3, -0.25) is 0 Å². The van der Waals surface area contributed by atoms with E-state index in [9.17, 15) is 0 Å². The van der Waals surface area contributed by atoms with Crippen LogP contribution < -0.4 is 5.73 Å². The number of rotatable bonds is 4. The van der Waals surface area contributed by atoms with E-state index in [1.165, 1.54) is 5.56 Å². The molecule has 1 atom stereocenters. The van der Waals surface area contributed by atoms with Crippen LogP contribution in [-0.4, -0.2) is 20.6 Å². The van der Waals surface area contributed by atoms with E-state index in [4.69, 9.17) is 5.73 Å². The van der Waals surface area contributed by atoms with Crippen molar-refractivity contribution in [2.24, 2.45) is 11.7 Å². The summed E-state index contributed by atoms with van der Waals surface area (Å²) in [5.41, 5.74) is 8.35. The number of hydrogen-bond donors (Lipinski definition) is 2. The summed E-state index contributed by atoms with van der Waals surface area (Å²) in [4.78, 5) is 0. The molecule has 90 valence electrons. The van der Waals surface area contributed by atoms with E-state index in [1.54, 1.807) is 0 Å². The quantitative estimate of drug-likeness (QED) is 0.834. The Labute approximate surface area is 100 Å². The molecule has 5 nitrogen and oxygen atoms in total. The minimum absolute atomic E-state index is 0.318. The summed E-state index contributed by atoms with van der Waals surface area (Å²) < 4.78 is 0. The molecule has 1 aromatic heterocycles. The summed E-state index contributed by atoms with van der Waals surface area (Å²) >= 11 is 0. The van der Waals surface area contributed by atoms with Crippen LogP contribution in [-0.2, 0) is 6.42 Å². The van der Waals surface area contributed by atoms with E-state index < -0.39 is 0 Å². The van der Waals surface area contributed by atoms with Gasteiger partial charge in [0.1, 0.15) is 0 Å². The third-order valence-corrected chi connectivity index (χ3v) is 2.62. The van der Waals surface area contributed by atoms with Gasteiger partial charge >= 0.3 is 0 Å². The number of hydrogen-bond acceptors (Lipinski definition) is 4. The fourth-order valence-electron chi connectivity index (χ4n) is 1.78. The smallest absolute Gasteiger partial charge is 0.195 e. The molecule has 2 rings (SSSR count). The SMILES string of the molecule is CC(C)Cc1ccc(C(N)c2nn[nH]n2)cc1. The van der Waals surface area contributed by atoms with Crippen molar-refractivity contribution in [3.05, 3.63) is 41.2 Å². The molecule has 0 fully saturated rings. The molecule has 0 aliphatic rings. The zero-order valence-electron chi connectivity index (χ0n) is 10.1. The lowest BCUT2D eigenvalue weighted by molar-refractivity contribution is 0.647. The summed E-state index contributed by atoms with van der Waals surface area (Å²) in [5, 5.41) is 13.7. The minimum atomic E-state index is -0.318. The van der Waals surface area contributed by atoms with Crippen LogP contribution in [0.1, 0.15) is 36.8 Å². The Morgan fingerprint density at radius 2 is 1.94 bits per heavy atom. The molecule has 0 aliphatic heterocycles. The molecule has 0 saturated carbocycles. The van der Waals surface area contributed by atoms with Crippen molar-refractivity contribution < 1.29 is 0 Å². The third kappa shape index (κ3) is 2.88. The predicted molar refractivity (Wildman–Crippen MR) is 65.2 cm³/mol. The lowest BCUT2D eigenvalue weighted by Crippen LogP contribution is -2.13. The molecule has 0 saturated heterocycles. The molecule has 0 spiro atoms. The first kappa shape index (κ1) is 11.7. The minimum Gasteiger partial charge on any atom is -0.318 e. The number of nitrogens with one attached hydrogen (secondary N) is 1. The highest BCUT2D eigenvalue weighted by atomic mass is 15.5. The maximum absolute atomic E-state index is 6.03. The highest BCUT2D eigenvalue weighted by Crippen LogP contribution is 2.17. The number of nitrogens with two attached hydrogens (primary N) is 1. The van der Waals surface area contributed by atoms with Gasteiger partial charge in [-0.1, -0.05) is 43.3 Å². The van der Waals surface area contributed by atoms with E-state index >= 15 is 0 Å². The van der Waals surface area contributed by atoms with Crippen molar-refractivity contribution in [2.45, 2.75) is 26.3 Å². The number of aromatic nitrogens is 4. The summed E-state index contributed by atoms with van der Waals surface area (Å²) in [5.74, 6) is 1.17. The normalized spacial score (nSPS) is 12.9. The second-order valence-corrected chi connectivity index (χ2v) is 4.59. The van der Waals surface area contributed by atoms with Crippen molar-refractivity contribution in [1.82, 2.24) is 20.6 Å². The second-order valence-electron chi connectivity index (χ2n) is 4.59. The van der Waals surface area contributed by atoms with Crippen molar-refractivity contribution >= 4 is 0 Å². The zero-order valence-corrected chi connectivity index (χ0v) is 10.1. The van der Waals surface area contributed by atoms with Gasteiger partial charge in [0.2, 0.25) is 0 Å². The van der Waals surface area contributed by atoms with Crippen LogP contribution in [0.5, 0.6) is 0 Å². The van der Waals surface area contributed by atoms with E-state index in [-0.39, 0.29) is 6.04 Å². The van der Waals surface area contributed by atoms with Gasteiger partial charge in [0.15, 0.2) is 5.82 Å². The predicted octanol–water partition coefficient (Wildman–Crippen LogP) is 1.45. The Morgan fingerprint density at radius 3 is 2.47 bits per heavy atom. The number of benzene rings is 1. The molecule has 1 aromatic carbocycles. The molecule has 0 aliphatic carbocycles. The van der Waals surface area contributed by atoms with Crippen molar-refractivity contribution in [1.29, 1.82) is 0 Å². The Morgan fingerprint density at radius 1 is 1.24 bits per heavy atom. The topological polar surface area (TPSA) is 80.5 Å². The standard InChI is InChI=1S/C12H17N5/c1-8(2)7-9-3-5-10(6-4-9)11(13)12-14-16-17-15-12/h3-6,8,11H,7,13H2,1-2H3,(H,14,15,16,17). The zero-order chi connectivity index (χ0) is 12.3. The van der Waals surface area contributed by atoms with Crippen LogP contribution in [0.2, 0.25) is 0 Å². The molecular formula is C12H17N5. The van der Waals surface area contributed by atoms with Gasteiger partial charge in [-0.2, -0.15) is 5.21 Å². The summed E-state index contributed by atoms with van der Waals surface area (Å²) in [6.45, 7) is 4.41. The highest BCUT2D eigenvalue weighted by molar-refractivity contribution is 5.28. The van der Waals surface area contributed by atoms with Crippen LogP contribution >= 0.6 is 0 Å². The Kier molecular flexibility index (Phi) is 3.49. The molecule has 0 bridgehead atoms. The first-order valence-electron chi connectivity index (χ1n) is 5.74. The molecule has 3 N–H and O–H groups in total. The third-order valence-electron chi connectivity index (χ3n) is 2.62. The average Bonchev–Trinajstić information content (AvgIpc) is 2.82. The summed E-state index contributed by atoms with van der Waals surface area (Å²) in [7, 11) is 0. The van der Waals surface area contributed by atoms with Crippen molar-refractivity contribution in [3.8, 4) is 0 Å². The molecule has 1 unspecified atom stereocenters. The maximum atomic E-state index is 6.03. The summed E-state index contributed by atoms with van der Waals surface area (Å²) in [6, 6.07) is 7.95. The molecule has 2 aromatic rings. The number of tetrazole rings is 1. The van der Waals surface area contributed by atoms with Crippen LogP contribution in [0.4, 0.5) is 0 Å². The van der Waals surface area contributed by atoms with Crippen LogP contribution in [0, 0.1) is 5.92 Å². The van der Waals surface area contributed by atoms with Crippen LogP contribution in [0.3, 0.4) is 0 Å². The van der Waals surface area contributed by atoms with Crippen LogP contribution in [0.15, 0.2) is 24.3 Å². The van der Waals surface area contributed by atoms with Crippen molar-refractivity contribution in [2.75, 3.05) is 0 Å². The lowest BCUT2D eigenvalue weighted by Gasteiger charge is -2.09. The highest BCUT2D eigenvalue weighted by Gasteiger charge is 2.13. The Hall–Kier alpha value is -1.75. The van der Waals surface area contributed by atoms with E-state index in [2.05, 4.69) is 46.6 Å². The van der Waals surface area contributed by atoms with E-state index in [1.807, 2.05) is 12.1 Å². The van der Waals surface area contributed by atoms with Gasteiger partial charge in [-0.25, -0.2) is 0 Å². The molecule has 17 heavy (non-hydrogen) atoms. The van der Waals surface area contributed by atoms with Gasteiger partial charge in [-0.05, 0) is 23.5 Å². The molecule has 0 radical (unpaired) electrons. The first-order chi connectivity index (χ1) is 8.16. The van der Waals surface area contributed by atoms with E-state index in [0.29, 0.717) is 11.7 Å². The first-order valence-corrected chi connectivity index (χ1v) is 5.74. The van der Waals surface area contributed by atoms with E-state index in [0.717, 1.165) is 12.0 Å². The van der Waals surface area contributed by atoms with Crippen molar-refractivity contribution in [3.63, 3.8) is 0 Å². The molecule has 0 amide bonds. The molecular weight excluding hydrogens is 214 g/mol. The van der Waals surface area contributed by atoms with Gasteiger partial charge in [0, 0.05) is 0 Å². The monoisotopic (exact) mass is 231 g/mol. The molecule has 1 heterocycles. The van der Waals surface area contributed by atoms with Gasteiger partial charge in [0.05, 0.1) is 6.04 Å². The maximum Gasteiger partial charge on any atom is 0.195 e. The second kappa shape index (κ2) is 5.05. The molecule has 5 heteroatoms. The van der Waals surface area contributed by atoms with Gasteiger partial charge in [-0.15, -0.1) is 10.2 Å². The van der Waals surface area contributed by atoms with Crippen LogP contribution in [0.25, 0.3) is 0 Å². The number of nitrogens with zero attached hydrogens (tertiary/aromatic N) is 3. The lowest BCUT2D eigenvalue weighted by atomic mass is 9.99.